The van der Waals surface area contributed by atoms with E-state index in [2.05, 4.69) is 61.6 Å². The van der Waals surface area contributed by atoms with Gasteiger partial charge in [0.1, 0.15) is 0 Å². The second-order valence-electron chi connectivity index (χ2n) is 4.98. The normalized spacial score (nSPS) is 14.7. The van der Waals surface area contributed by atoms with Crippen LogP contribution < -0.4 is 5.32 Å². The van der Waals surface area contributed by atoms with Gasteiger partial charge in [0.25, 0.3) is 0 Å². The van der Waals surface area contributed by atoms with E-state index in [4.69, 9.17) is 4.74 Å². The van der Waals surface area contributed by atoms with E-state index in [0.717, 1.165) is 19.6 Å². The van der Waals surface area contributed by atoms with Gasteiger partial charge < -0.3 is 15.0 Å². The maximum Gasteiger partial charge on any atom is 0.0476 e. The van der Waals surface area contributed by atoms with E-state index >= 15 is 0 Å². The van der Waals surface area contributed by atoms with E-state index in [1.807, 2.05) is 0 Å². The second kappa shape index (κ2) is 8.25. The zero-order valence-electron chi connectivity index (χ0n) is 12.0. The van der Waals surface area contributed by atoms with Gasteiger partial charge in [-0.3, -0.25) is 0 Å². The number of nitrogens with zero attached hydrogens (tertiary/aromatic N) is 1. The highest BCUT2D eigenvalue weighted by Crippen LogP contribution is 2.16. The van der Waals surface area contributed by atoms with Gasteiger partial charge in [-0.25, -0.2) is 0 Å². The quantitative estimate of drug-likeness (QED) is 0.766. The highest BCUT2D eigenvalue weighted by Gasteiger charge is 2.14. The topological polar surface area (TPSA) is 24.5 Å². The SMILES string of the molecule is COCCC(C)NCC(c1ccccc1)N(C)C. The van der Waals surface area contributed by atoms with Gasteiger partial charge in [0.05, 0.1) is 0 Å². The Hall–Kier alpha value is -0.900. The van der Waals surface area contributed by atoms with Crippen molar-refractivity contribution in [2.24, 2.45) is 0 Å². The zero-order valence-corrected chi connectivity index (χ0v) is 12.0. The van der Waals surface area contributed by atoms with Crippen molar-refractivity contribution in [2.75, 3.05) is 34.4 Å². The third-order valence-corrected chi connectivity index (χ3v) is 3.22. The number of hydrogen-bond acceptors (Lipinski definition) is 3. The van der Waals surface area contributed by atoms with Crippen LogP contribution in [0.2, 0.25) is 0 Å². The summed E-state index contributed by atoms with van der Waals surface area (Å²) < 4.78 is 5.10. The molecular weight excluding hydrogens is 224 g/mol. The molecule has 0 aliphatic rings. The molecule has 1 N–H and O–H groups in total. The number of likely N-dealkylation sites (N-methyl/N-ethyl adjacent to an activating group) is 1. The number of nitrogens with one attached hydrogen (secondary N) is 1. The Labute approximate surface area is 111 Å². The van der Waals surface area contributed by atoms with Crippen LogP contribution in [0.3, 0.4) is 0 Å². The minimum Gasteiger partial charge on any atom is -0.385 e. The number of methoxy groups -OCH3 is 1. The molecule has 0 radical (unpaired) electrons. The standard InChI is InChI=1S/C15H26N2O/c1-13(10-11-18-4)16-12-15(17(2)3)14-8-6-5-7-9-14/h5-9,13,15-16H,10-12H2,1-4H3. The molecule has 2 atom stereocenters. The highest BCUT2D eigenvalue weighted by molar-refractivity contribution is 5.19. The molecule has 18 heavy (non-hydrogen) atoms. The lowest BCUT2D eigenvalue weighted by Gasteiger charge is -2.27. The van der Waals surface area contributed by atoms with Crippen LogP contribution in [0.5, 0.6) is 0 Å². The van der Waals surface area contributed by atoms with E-state index in [1.54, 1.807) is 7.11 Å². The molecule has 0 aliphatic carbocycles. The number of rotatable bonds is 8. The summed E-state index contributed by atoms with van der Waals surface area (Å²) in [4.78, 5) is 2.26. The van der Waals surface area contributed by atoms with Crippen molar-refractivity contribution in [3.8, 4) is 0 Å². The summed E-state index contributed by atoms with van der Waals surface area (Å²) in [6.07, 6.45) is 1.05. The van der Waals surface area contributed by atoms with Crippen LogP contribution in [0.1, 0.15) is 24.9 Å². The predicted molar refractivity (Wildman–Crippen MR) is 76.8 cm³/mol. The van der Waals surface area contributed by atoms with Crippen molar-refractivity contribution in [2.45, 2.75) is 25.4 Å². The number of ether oxygens (including phenoxy) is 1. The van der Waals surface area contributed by atoms with Crippen molar-refractivity contribution in [3.63, 3.8) is 0 Å². The Morgan fingerprint density at radius 2 is 1.89 bits per heavy atom. The lowest BCUT2D eigenvalue weighted by molar-refractivity contribution is 0.182. The number of hydrogen-bond donors (Lipinski definition) is 1. The molecule has 0 fully saturated rings. The van der Waals surface area contributed by atoms with Crippen LogP contribution >= 0.6 is 0 Å². The van der Waals surface area contributed by atoms with E-state index in [1.165, 1.54) is 5.56 Å². The molecule has 2 unspecified atom stereocenters. The Morgan fingerprint density at radius 3 is 2.44 bits per heavy atom. The first-order valence-electron chi connectivity index (χ1n) is 6.58. The molecule has 1 aromatic rings. The molecule has 0 aromatic heterocycles. The average Bonchev–Trinajstić information content (AvgIpc) is 2.37. The Morgan fingerprint density at radius 1 is 1.22 bits per heavy atom. The molecule has 3 nitrogen and oxygen atoms in total. The minimum atomic E-state index is 0.413. The van der Waals surface area contributed by atoms with Crippen LogP contribution in [0.25, 0.3) is 0 Å². The van der Waals surface area contributed by atoms with E-state index in [0.29, 0.717) is 12.1 Å². The van der Waals surface area contributed by atoms with Gasteiger partial charge in [-0.15, -0.1) is 0 Å². The molecule has 0 bridgehead atoms. The highest BCUT2D eigenvalue weighted by atomic mass is 16.5. The summed E-state index contributed by atoms with van der Waals surface area (Å²) in [6, 6.07) is 11.5. The third kappa shape index (κ3) is 5.17. The predicted octanol–water partition coefficient (Wildman–Crippen LogP) is 2.30. The van der Waals surface area contributed by atoms with Crippen LogP contribution in [0.4, 0.5) is 0 Å². The Kier molecular flexibility index (Phi) is 6.94. The molecule has 102 valence electrons. The van der Waals surface area contributed by atoms with Crippen molar-refractivity contribution in [1.29, 1.82) is 0 Å². The molecule has 0 amide bonds. The molecule has 0 saturated heterocycles. The van der Waals surface area contributed by atoms with Gasteiger partial charge in [-0.05, 0) is 33.0 Å². The summed E-state index contributed by atoms with van der Waals surface area (Å²) >= 11 is 0. The van der Waals surface area contributed by atoms with Gasteiger partial charge in [-0.1, -0.05) is 30.3 Å². The van der Waals surface area contributed by atoms with Crippen molar-refractivity contribution < 1.29 is 4.74 Å². The lowest BCUT2D eigenvalue weighted by atomic mass is 10.1. The van der Waals surface area contributed by atoms with Gasteiger partial charge >= 0.3 is 0 Å². The van der Waals surface area contributed by atoms with Gasteiger partial charge in [-0.2, -0.15) is 0 Å². The molecule has 0 saturated carbocycles. The summed E-state index contributed by atoms with van der Waals surface area (Å²) in [5.74, 6) is 0. The second-order valence-corrected chi connectivity index (χ2v) is 4.98. The van der Waals surface area contributed by atoms with Crippen molar-refractivity contribution >= 4 is 0 Å². The molecular formula is C15H26N2O. The van der Waals surface area contributed by atoms with Gasteiger partial charge in [0.15, 0.2) is 0 Å². The summed E-state index contributed by atoms with van der Waals surface area (Å²) in [7, 11) is 6.00. The monoisotopic (exact) mass is 250 g/mol. The van der Waals surface area contributed by atoms with E-state index in [9.17, 15) is 0 Å². The largest absolute Gasteiger partial charge is 0.385 e. The third-order valence-electron chi connectivity index (χ3n) is 3.22. The van der Waals surface area contributed by atoms with E-state index in [-0.39, 0.29) is 0 Å². The fourth-order valence-corrected chi connectivity index (χ4v) is 1.98. The first kappa shape index (κ1) is 15.2. The van der Waals surface area contributed by atoms with Gasteiger partial charge in [0, 0.05) is 32.3 Å². The molecule has 3 heteroatoms. The van der Waals surface area contributed by atoms with Crippen molar-refractivity contribution in [1.82, 2.24) is 10.2 Å². The van der Waals surface area contributed by atoms with E-state index < -0.39 is 0 Å². The molecule has 0 aliphatic heterocycles. The Bertz CT molecular complexity index is 314. The average molecular weight is 250 g/mol. The number of benzene rings is 1. The summed E-state index contributed by atoms with van der Waals surface area (Å²) in [5.41, 5.74) is 1.36. The summed E-state index contributed by atoms with van der Waals surface area (Å²) in [5, 5.41) is 3.58. The zero-order chi connectivity index (χ0) is 13.4. The molecule has 0 heterocycles. The molecule has 1 rings (SSSR count). The van der Waals surface area contributed by atoms with Crippen molar-refractivity contribution in [3.05, 3.63) is 35.9 Å². The maximum absolute atomic E-state index is 5.10. The smallest absolute Gasteiger partial charge is 0.0476 e. The lowest BCUT2D eigenvalue weighted by Crippen LogP contribution is -2.36. The Balaban J connectivity index is 2.49. The van der Waals surface area contributed by atoms with Gasteiger partial charge in [0.2, 0.25) is 0 Å². The fraction of sp³-hybridized carbons (Fsp3) is 0.600. The van der Waals surface area contributed by atoms with Crippen LogP contribution in [-0.2, 0) is 4.74 Å². The van der Waals surface area contributed by atoms with Crippen LogP contribution in [0, 0.1) is 0 Å². The minimum absolute atomic E-state index is 0.413. The molecule has 1 aromatic carbocycles. The van der Waals surface area contributed by atoms with Crippen LogP contribution in [0.15, 0.2) is 30.3 Å². The first-order chi connectivity index (χ1) is 8.65. The molecule has 0 spiro atoms. The first-order valence-corrected chi connectivity index (χ1v) is 6.58. The van der Waals surface area contributed by atoms with Crippen LogP contribution in [-0.4, -0.2) is 45.3 Å². The fourth-order valence-electron chi connectivity index (χ4n) is 1.98. The summed E-state index contributed by atoms with van der Waals surface area (Å²) in [6.45, 7) is 3.98. The maximum atomic E-state index is 5.10.